The minimum absolute atomic E-state index is 0.0149. The van der Waals surface area contributed by atoms with Crippen molar-refractivity contribution in [2.45, 2.75) is 38.8 Å². The van der Waals surface area contributed by atoms with E-state index < -0.39 is 46.7 Å². The SMILES string of the molecule is Cc1ccn2c(C[C@H]3CN(C(=O)O)CCO3)c(-c3c(F)cc(C(=O)NC(C)(C)C(N)=O)cc3F)nc2c1. The van der Waals surface area contributed by atoms with Crippen LogP contribution in [0.2, 0.25) is 0 Å². The number of nitrogens with one attached hydrogen (secondary N) is 1. The zero-order chi connectivity index (χ0) is 27.1. The van der Waals surface area contributed by atoms with Gasteiger partial charge in [0.2, 0.25) is 5.91 Å². The molecule has 1 aliphatic heterocycles. The van der Waals surface area contributed by atoms with E-state index in [0.717, 1.165) is 17.7 Å². The van der Waals surface area contributed by atoms with Crippen LogP contribution in [0.4, 0.5) is 13.6 Å². The van der Waals surface area contributed by atoms with Crippen LogP contribution in [-0.2, 0) is 16.0 Å². The Bertz CT molecular complexity index is 1380. The molecule has 0 saturated carbocycles. The number of primary amides is 1. The number of hydrogen-bond donors (Lipinski definition) is 3. The predicted octanol–water partition coefficient (Wildman–Crippen LogP) is 2.50. The first-order valence-electron chi connectivity index (χ1n) is 11.6. The number of pyridine rings is 1. The summed E-state index contributed by atoms with van der Waals surface area (Å²) in [4.78, 5) is 41.2. The number of hydrogen-bond acceptors (Lipinski definition) is 5. The second-order valence-electron chi connectivity index (χ2n) is 9.52. The van der Waals surface area contributed by atoms with E-state index in [1.165, 1.54) is 18.7 Å². The maximum atomic E-state index is 15.4. The molecule has 3 heterocycles. The summed E-state index contributed by atoms with van der Waals surface area (Å²) in [5.41, 5.74) is 4.83. The molecule has 1 saturated heterocycles. The first-order valence-corrected chi connectivity index (χ1v) is 11.6. The lowest BCUT2D eigenvalue weighted by Crippen LogP contribution is -2.53. The zero-order valence-electron chi connectivity index (χ0n) is 20.5. The highest BCUT2D eigenvalue weighted by atomic mass is 19.1. The lowest BCUT2D eigenvalue weighted by Gasteiger charge is -2.31. The largest absolute Gasteiger partial charge is 0.465 e. The topological polar surface area (TPSA) is 139 Å². The smallest absolute Gasteiger partial charge is 0.407 e. The molecule has 3 aromatic rings. The molecule has 0 aliphatic carbocycles. The van der Waals surface area contributed by atoms with E-state index in [0.29, 0.717) is 11.3 Å². The van der Waals surface area contributed by atoms with E-state index >= 15 is 8.78 Å². The maximum Gasteiger partial charge on any atom is 0.407 e. The molecular weight excluding hydrogens is 488 g/mol. The number of rotatable bonds is 6. The third-order valence-corrected chi connectivity index (χ3v) is 6.29. The number of imidazole rings is 1. The van der Waals surface area contributed by atoms with E-state index in [4.69, 9.17) is 10.5 Å². The van der Waals surface area contributed by atoms with Crippen molar-refractivity contribution in [3.63, 3.8) is 0 Å². The normalized spacial score (nSPS) is 16.1. The van der Waals surface area contributed by atoms with Crippen LogP contribution in [0.5, 0.6) is 0 Å². The molecule has 37 heavy (non-hydrogen) atoms. The number of carbonyl (C=O) groups excluding carboxylic acids is 2. The number of fused-ring (bicyclic) bond motifs is 1. The Balaban J connectivity index is 1.76. The Kier molecular flexibility index (Phi) is 6.87. The highest BCUT2D eigenvalue weighted by Crippen LogP contribution is 2.32. The van der Waals surface area contributed by atoms with Gasteiger partial charge in [0.25, 0.3) is 5.91 Å². The van der Waals surface area contributed by atoms with Crippen LogP contribution in [-0.4, -0.2) is 68.6 Å². The van der Waals surface area contributed by atoms with Crippen LogP contribution < -0.4 is 11.1 Å². The number of amides is 3. The lowest BCUT2D eigenvalue weighted by molar-refractivity contribution is -0.122. The van der Waals surface area contributed by atoms with E-state index in [1.807, 2.05) is 13.0 Å². The molecule has 2 aromatic heterocycles. The molecule has 0 unspecified atom stereocenters. The lowest BCUT2D eigenvalue weighted by atomic mass is 10.0. The van der Waals surface area contributed by atoms with Crippen molar-refractivity contribution in [2.75, 3.05) is 19.7 Å². The predicted molar refractivity (Wildman–Crippen MR) is 129 cm³/mol. The molecule has 1 aliphatic rings. The standard InChI is InChI=1S/C25H27F2N5O5/c1-13-4-5-32-18(11-15-12-31(24(35)36)6-7-37-15)21(29-19(32)8-13)20-16(26)9-14(10-17(20)27)22(33)30-25(2,3)23(28)34/h4-5,8-10,15H,6-7,11-12H2,1-3H3,(H2,28,34)(H,30,33)(H,35,36)/t15-/m0/s1. The van der Waals surface area contributed by atoms with Crippen LogP contribution in [0.1, 0.15) is 35.5 Å². The third kappa shape index (κ3) is 5.24. The summed E-state index contributed by atoms with van der Waals surface area (Å²) in [6, 6.07) is 5.30. The fourth-order valence-electron chi connectivity index (χ4n) is 4.17. The first kappa shape index (κ1) is 26.0. The van der Waals surface area contributed by atoms with E-state index in [9.17, 15) is 19.5 Å². The second kappa shape index (κ2) is 9.77. The minimum atomic E-state index is -1.43. The number of ether oxygens (including phenoxy) is 1. The number of halogens is 2. The summed E-state index contributed by atoms with van der Waals surface area (Å²) in [5.74, 6) is -3.74. The first-order chi connectivity index (χ1) is 17.4. The van der Waals surface area contributed by atoms with Crippen LogP contribution in [0.3, 0.4) is 0 Å². The molecule has 4 N–H and O–H groups in total. The average molecular weight is 516 g/mol. The zero-order valence-corrected chi connectivity index (χ0v) is 20.5. The molecule has 0 spiro atoms. The molecule has 0 bridgehead atoms. The van der Waals surface area contributed by atoms with Gasteiger partial charge in [-0.2, -0.15) is 0 Å². The molecule has 4 rings (SSSR count). The quantitative estimate of drug-likeness (QED) is 0.461. The summed E-state index contributed by atoms with van der Waals surface area (Å²) < 4.78 is 38.2. The van der Waals surface area contributed by atoms with Crippen molar-refractivity contribution in [1.82, 2.24) is 19.6 Å². The Morgan fingerprint density at radius 3 is 2.54 bits per heavy atom. The molecular formula is C25H27F2N5O5. The van der Waals surface area contributed by atoms with Gasteiger partial charge in [0.15, 0.2) is 0 Å². The third-order valence-electron chi connectivity index (χ3n) is 6.29. The van der Waals surface area contributed by atoms with Gasteiger partial charge >= 0.3 is 6.09 Å². The van der Waals surface area contributed by atoms with Crippen molar-refractivity contribution >= 4 is 23.6 Å². The number of aromatic nitrogens is 2. The highest BCUT2D eigenvalue weighted by Gasteiger charge is 2.31. The molecule has 1 aromatic carbocycles. The average Bonchev–Trinajstić information content (AvgIpc) is 3.15. The number of morpholine rings is 1. The molecule has 0 radical (unpaired) electrons. The molecule has 3 amide bonds. The van der Waals surface area contributed by atoms with Crippen LogP contribution in [0, 0.1) is 18.6 Å². The maximum absolute atomic E-state index is 15.4. The van der Waals surface area contributed by atoms with Crippen molar-refractivity contribution in [1.29, 1.82) is 0 Å². The number of aryl methyl sites for hydroxylation is 1. The summed E-state index contributed by atoms with van der Waals surface area (Å²) in [6.45, 7) is 5.11. The van der Waals surface area contributed by atoms with Gasteiger partial charge in [-0.25, -0.2) is 18.6 Å². The minimum Gasteiger partial charge on any atom is -0.465 e. The number of carbonyl (C=O) groups is 3. The van der Waals surface area contributed by atoms with Gasteiger partial charge in [-0.15, -0.1) is 0 Å². The monoisotopic (exact) mass is 515 g/mol. The van der Waals surface area contributed by atoms with Gasteiger partial charge in [0.1, 0.15) is 22.8 Å². The Morgan fingerprint density at radius 1 is 1.24 bits per heavy atom. The van der Waals surface area contributed by atoms with Crippen LogP contribution >= 0.6 is 0 Å². The summed E-state index contributed by atoms with van der Waals surface area (Å²) >= 11 is 0. The van der Waals surface area contributed by atoms with E-state index in [-0.39, 0.29) is 37.4 Å². The molecule has 12 heteroatoms. The van der Waals surface area contributed by atoms with Crippen LogP contribution in [0.15, 0.2) is 30.5 Å². The number of carboxylic acid groups (broad SMARTS) is 1. The summed E-state index contributed by atoms with van der Waals surface area (Å²) in [7, 11) is 0. The van der Waals surface area contributed by atoms with Crippen molar-refractivity contribution in [2.24, 2.45) is 5.73 Å². The fraction of sp³-hybridized carbons (Fsp3) is 0.360. The van der Waals surface area contributed by atoms with Gasteiger partial charge in [-0.05, 0) is 50.6 Å². The molecule has 10 nitrogen and oxygen atoms in total. The van der Waals surface area contributed by atoms with Crippen molar-refractivity contribution in [3.05, 3.63) is 58.9 Å². The van der Waals surface area contributed by atoms with Gasteiger partial charge in [-0.1, -0.05) is 0 Å². The fourth-order valence-corrected chi connectivity index (χ4v) is 4.17. The molecule has 196 valence electrons. The van der Waals surface area contributed by atoms with Crippen molar-refractivity contribution < 1.29 is 33.0 Å². The van der Waals surface area contributed by atoms with Gasteiger partial charge in [-0.3, -0.25) is 9.59 Å². The summed E-state index contributed by atoms with van der Waals surface area (Å²) in [5, 5.41) is 11.7. The number of benzene rings is 1. The molecule has 1 atom stereocenters. The summed E-state index contributed by atoms with van der Waals surface area (Å²) in [6.07, 6.45) is 0.222. The Morgan fingerprint density at radius 2 is 1.92 bits per heavy atom. The van der Waals surface area contributed by atoms with Crippen LogP contribution in [0.25, 0.3) is 16.9 Å². The van der Waals surface area contributed by atoms with Crippen molar-refractivity contribution in [3.8, 4) is 11.3 Å². The Labute approximate surface area is 211 Å². The Hall–Kier alpha value is -4.06. The second-order valence-corrected chi connectivity index (χ2v) is 9.52. The van der Waals surface area contributed by atoms with Gasteiger partial charge < -0.3 is 30.2 Å². The van der Waals surface area contributed by atoms with Gasteiger partial charge in [0.05, 0.1) is 36.2 Å². The van der Waals surface area contributed by atoms with Gasteiger partial charge in [0, 0.05) is 24.7 Å². The molecule has 1 fully saturated rings. The van der Waals surface area contributed by atoms with E-state index in [2.05, 4.69) is 10.3 Å². The number of nitrogens with two attached hydrogens (primary N) is 1. The number of nitrogens with zero attached hydrogens (tertiary/aromatic N) is 3. The van der Waals surface area contributed by atoms with E-state index in [1.54, 1.807) is 16.7 Å². The highest BCUT2D eigenvalue weighted by molar-refractivity contribution is 5.99.